The van der Waals surface area contributed by atoms with Gasteiger partial charge >= 0.3 is 0 Å². The maximum Gasteiger partial charge on any atom is 0.0619 e. The Morgan fingerprint density at radius 3 is 2.27 bits per heavy atom. The van der Waals surface area contributed by atoms with E-state index in [9.17, 15) is 0 Å². The Bertz CT molecular complexity index is 2130. The van der Waals surface area contributed by atoms with Crippen molar-refractivity contribution in [3.63, 3.8) is 0 Å². The van der Waals surface area contributed by atoms with E-state index in [1.807, 2.05) is 18.5 Å². The van der Waals surface area contributed by atoms with E-state index in [2.05, 4.69) is 142 Å². The lowest BCUT2D eigenvalue weighted by atomic mass is 10.0. The van der Waals surface area contributed by atoms with Crippen LogP contribution in [-0.4, -0.2) is 16.1 Å². The highest BCUT2D eigenvalue weighted by atomic mass is 15.0. The second-order valence-electron chi connectivity index (χ2n) is 10.5. The summed E-state index contributed by atoms with van der Waals surface area (Å²) in [6.07, 6.45) is 10.2. The maximum atomic E-state index is 4.38. The van der Waals surface area contributed by atoms with Gasteiger partial charge in [-0.25, -0.2) is 0 Å². The number of rotatable bonds is 4. The molecule has 0 atom stereocenters. The number of hydrogen-bond acceptors (Lipinski definition) is 2. The molecule has 1 N–H and O–H groups in total. The lowest BCUT2D eigenvalue weighted by molar-refractivity contribution is 0.996. The highest BCUT2D eigenvalue weighted by Crippen LogP contribution is 2.39. The van der Waals surface area contributed by atoms with Gasteiger partial charge in [0.25, 0.3) is 0 Å². The number of nitrogens with one attached hydrogen (secondary N) is 1. The molecule has 0 bridgehead atoms. The fourth-order valence-corrected chi connectivity index (χ4v) is 6.10. The second-order valence-corrected chi connectivity index (χ2v) is 10.5. The number of pyridine rings is 1. The Morgan fingerprint density at radius 2 is 1.41 bits per heavy atom. The Kier molecular flexibility index (Phi) is 5.53. The van der Waals surface area contributed by atoms with Crippen molar-refractivity contribution in [3.8, 4) is 27.9 Å². The molecule has 0 amide bonds. The Labute approximate surface area is 238 Å². The van der Waals surface area contributed by atoms with Gasteiger partial charge in [-0.3, -0.25) is 4.98 Å². The van der Waals surface area contributed by atoms with Crippen molar-refractivity contribution >= 4 is 38.3 Å². The molecule has 0 spiro atoms. The summed E-state index contributed by atoms with van der Waals surface area (Å²) in [5.41, 5.74) is 10.6. The number of benzene rings is 5. The topological polar surface area (TPSA) is 29.9 Å². The zero-order valence-corrected chi connectivity index (χ0v) is 22.5. The van der Waals surface area contributed by atoms with Crippen LogP contribution in [0, 0.1) is 0 Å². The van der Waals surface area contributed by atoms with Crippen LogP contribution >= 0.6 is 0 Å². The van der Waals surface area contributed by atoms with Crippen molar-refractivity contribution in [3.05, 3.63) is 151 Å². The van der Waals surface area contributed by atoms with Crippen LogP contribution in [0.25, 0.3) is 66.2 Å². The molecule has 7 aromatic rings. The number of dihydropyridines is 1. The summed E-state index contributed by atoms with van der Waals surface area (Å²) in [6, 6.07) is 41.8. The van der Waals surface area contributed by atoms with Crippen LogP contribution in [0.4, 0.5) is 0 Å². The fourth-order valence-electron chi connectivity index (χ4n) is 6.10. The van der Waals surface area contributed by atoms with Crippen molar-refractivity contribution in [1.82, 2.24) is 14.9 Å². The zero-order valence-electron chi connectivity index (χ0n) is 22.5. The van der Waals surface area contributed by atoms with Crippen LogP contribution < -0.4 is 5.32 Å². The lowest BCUT2D eigenvalue weighted by Gasteiger charge is -2.15. The quantitative estimate of drug-likeness (QED) is 0.248. The first kappa shape index (κ1) is 23.5. The minimum Gasteiger partial charge on any atom is -0.381 e. The molecule has 0 unspecified atom stereocenters. The third-order valence-electron chi connectivity index (χ3n) is 8.07. The average Bonchev–Trinajstić information content (AvgIpc) is 3.40. The minimum atomic E-state index is 0.855. The average molecular weight is 526 g/mol. The minimum absolute atomic E-state index is 0.855. The molecule has 2 aromatic heterocycles. The molecule has 0 saturated carbocycles. The summed E-state index contributed by atoms with van der Waals surface area (Å²) in [4.78, 5) is 4.38. The summed E-state index contributed by atoms with van der Waals surface area (Å²) in [7, 11) is 0. The van der Waals surface area contributed by atoms with Gasteiger partial charge in [-0.2, -0.15) is 0 Å². The molecule has 1 aliphatic heterocycles. The number of hydrogen-bond donors (Lipinski definition) is 1. The number of aromatic nitrogens is 2. The normalized spacial score (nSPS) is 13.0. The van der Waals surface area contributed by atoms with Crippen LogP contribution in [0.1, 0.15) is 5.56 Å². The molecule has 5 aromatic carbocycles. The van der Waals surface area contributed by atoms with Crippen LogP contribution in [0.5, 0.6) is 0 Å². The number of nitrogens with zero attached hydrogens (tertiary/aromatic N) is 2. The Hall–Kier alpha value is -5.41. The maximum absolute atomic E-state index is 4.38. The van der Waals surface area contributed by atoms with Gasteiger partial charge in [0, 0.05) is 52.0 Å². The first-order valence-corrected chi connectivity index (χ1v) is 14.0. The molecule has 0 fully saturated rings. The molecule has 41 heavy (non-hydrogen) atoms. The van der Waals surface area contributed by atoms with Crippen molar-refractivity contribution in [2.24, 2.45) is 0 Å². The van der Waals surface area contributed by atoms with Crippen molar-refractivity contribution in [2.45, 2.75) is 0 Å². The molecule has 0 radical (unpaired) electrons. The monoisotopic (exact) mass is 525 g/mol. The number of allylic oxidation sites excluding steroid dienone is 2. The van der Waals surface area contributed by atoms with E-state index < -0.39 is 0 Å². The highest BCUT2D eigenvalue weighted by Gasteiger charge is 2.17. The molecule has 0 saturated heterocycles. The van der Waals surface area contributed by atoms with Gasteiger partial charge in [0.05, 0.1) is 11.0 Å². The van der Waals surface area contributed by atoms with Crippen LogP contribution in [-0.2, 0) is 0 Å². The van der Waals surface area contributed by atoms with Crippen LogP contribution in [0.15, 0.2) is 146 Å². The van der Waals surface area contributed by atoms with Crippen molar-refractivity contribution < 1.29 is 0 Å². The predicted octanol–water partition coefficient (Wildman–Crippen LogP) is 9.17. The van der Waals surface area contributed by atoms with E-state index in [1.54, 1.807) is 0 Å². The SMILES string of the molecule is C1=CCNC(c2ccc3c(ccc4c5ccc(-c6cccnc6)cc5n(-c5cccc(-c6ccccc6)c5)c34)c2)=C1. The van der Waals surface area contributed by atoms with Gasteiger partial charge in [0.2, 0.25) is 0 Å². The van der Waals surface area contributed by atoms with Gasteiger partial charge in [-0.1, -0.05) is 97.1 Å². The molecule has 3 heterocycles. The Balaban J connectivity index is 1.43. The molecule has 3 nitrogen and oxygen atoms in total. The summed E-state index contributed by atoms with van der Waals surface area (Å²) in [5.74, 6) is 0. The summed E-state index contributed by atoms with van der Waals surface area (Å²) >= 11 is 0. The molecule has 8 rings (SSSR count). The number of fused-ring (bicyclic) bond motifs is 5. The van der Waals surface area contributed by atoms with E-state index in [1.165, 1.54) is 49.3 Å². The van der Waals surface area contributed by atoms with Gasteiger partial charge in [-0.15, -0.1) is 0 Å². The lowest BCUT2D eigenvalue weighted by Crippen LogP contribution is -2.14. The fraction of sp³-hybridized carbons (Fsp3) is 0.0263. The Morgan fingerprint density at radius 1 is 0.610 bits per heavy atom. The van der Waals surface area contributed by atoms with E-state index in [0.717, 1.165) is 29.1 Å². The predicted molar refractivity (Wildman–Crippen MR) is 172 cm³/mol. The largest absolute Gasteiger partial charge is 0.381 e. The van der Waals surface area contributed by atoms with Gasteiger partial charge in [0.1, 0.15) is 0 Å². The molecule has 194 valence electrons. The van der Waals surface area contributed by atoms with Crippen LogP contribution in [0.2, 0.25) is 0 Å². The molecule has 0 aliphatic carbocycles. The third kappa shape index (κ3) is 4.02. The zero-order chi connectivity index (χ0) is 27.2. The summed E-state index contributed by atoms with van der Waals surface area (Å²) in [6.45, 7) is 0.855. The van der Waals surface area contributed by atoms with Gasteiger partial charge in [-0.05, 0) is 64.0 Å². The van der Waals surface area contributed by atoms with E-state index in [-0.39, 0.29) is 0 Å². The van der Waals surface area contributed by atoms with E-state index in [0.29, 0.717) is 0 Å². The smallest absolute Gasteiger partial charge is 0.0619 e. The summed E-state index contributed by atoms with van der Waals surface area (Å²) < 4.78 is 2.44. The third-order valence-corrected chi connectivity index (χ3v) is 8.07. The molecule has 1 aliphatic rings. The van der Waals surface area contributed by atoms with Crippen LogP contribution in [0.3, 0.4) is 0 Å². The van der Waals surface area contributed by atoms with E-state index in [4.69, 9.17) is 0 Å². The van der Waals surface area contributed by atoms with Crippen molar-refractivity contribution in [1.29, 1.82) is 0 Å². The second kappa shape index (κ2) is 9.65. The van der Waals surface area contributed by atoms with Gasteiger partial charge in [0.15, 0.2) is 0 Å². The molecule has 3 heteroatoms. The van der Waals surface area contributed by atoms with E-state index >= 15 is 0 Å². The highest BCUT2D eigenvalue weighted by molar-refractivity contribution is 6.19. The molecular weight excluding hydrogens is 498 g/mol. The molecular formula is C38H27N3. The summed E-state index contributed by atoms with van der Waals surface area (Å²) in [5, 5.41) is 8.46. The van der Waals surface area contributed by atoms with Gasteiger partial charge < -0.3 is 9.88 Å². The first-order valence-electron chi connectivity index (χ1n) is 14.0. The standard InChI is InChI=1S/C38H27N3/c1-2-8-26(9-3-1)27-10-6-12-32(23-27)41-37-24-28(31-11-7-20-39-25-31)14-18-34(37)35-19-15-29-22-30(16-17-33(29)38(35)41)36-13-4-5-21-40-36/h1-20,22-25,40H,21H2. The van der Waals surface area contributed by atoms with Crippen molar-refractivity contribution in [2.75, 3.05) is 6.54 Å². The first-order chi connectivity index (χ1) is 20.3.